The van der Waals surface area contributed by atoms with Gasteiger partial charge in [-0.05, 0) is 17.7 Å². The summed E-state index contributed by atoms with van der Waals surface area (Å²) in [5, 5.41) is 1.18. The summed E-state index contributed by atoms with van der Waals surface area (Å²) in [7, 11) is 0. The molecule has 0 bridgehead atoms. The maximum absolute atomic E-state index is 6.37. The molecule has 4 rings (SSSR count). The van der Waals surface area contributed by atoms with Gasteiger partial charge < -0.3 is 5.73 Å². The number of benzene rings is 2. The highest BCUT2D eigenvalue weighted by Crippen LogP contribution is 2.29. The lowest BCUT2D eigenvalue weighted by atomic mass is 9.95. The predicted molar refractivity (Wildman–Crippen MR) is 92.1 cm³/mol. The van der Waals surface area contributed by atoms with Crippen LogP contribution < -0.4 is 5.73 Å². The fraction of sp³-hybridized carbons (Fsp3) is 0.278. The van der Waals surface area contributed by atoms with Crippen LogP contribution in [0.25, 0.3) is 10.2 Å². The van der Waals surface area contributed by atoms with Crippen LogP contribution in [0.4, 0.5) is 0 Å². The van der Waals surface area contributed by atoms with Crippen LogP contribution in [0.2, 0.25) is 0 Å². The van der Waals surface area contributed by atoms with Crippen molar-refractivity contribution in [2.75, 3.05) is 13.1 Å². The van der Waals surface area contributed by atoms with Crippen LogP contribution in [0, 0.1) is 0 Å². The molecule has 1 saturated heterocycles. The Hall–Kier alpha value is -1.75. The summed E-state index contributed by atoms with van der Waals surface area (Å²) < 4.78 is 1.26. The second kappa shape index (κ2) is 5.80. The second-order valence-electron chi connectivity index (χ2n) is 5.95. The topological polar surface area (TPSA) is 42.1 Å². The Morgan fingerprint density at radius 1 is 1.05 bits per heavy atom. The molecule has 2 atom stereocenters. The maximum Gasteiger partial charge on any atom is 0.108 e. The number of rotatable bonds is 3. The molecule has 1 aliphatic rings. The lowest BCUT2D eigenvalue weighted by molar-refractivity contribution is 0.323. The zero-order chi connectivity index (χ0) is 14.9. The van der Waals surface area contributed by atoms with Gasteiger partial charge >= 0.3 is 0 Å². The van der Waals surface area contributed by atoms with Gasteiger partial charge in [0.2, 0.25) is 0 Å². The number of fused-ring (bicyclic) bond motifs is 1. The zero-order valence-electron chi connectivity index (χ0n) is 12.4. The Labute approximate surface area is 134 Å². The number of hydrogen-bond donors (Lipinski definition) is 1. The average Bonchev–Trinajstić information content (AvgIpc) is 3.11. The molecular weight excluding hydrogens is 290 g/mol. The summed E-state index contributed by atoms with van der Waals surface area (Å²) in [5.74, 6) is 0.426. The number of thiazole rings is 1. The maximum atomic E-state index is 6.37. The third-order valence-corrected chi connectivity index (χ3v) is 5.39. The average molecular weight is 309 g/mol. The van der Waals surface area contributed by atoms with Crippen LogP contribution >= 0.6 is 11.3 Å². The highest BCUT2D eigenvalue weighted by molar-refractivity contribution is 7.18. The van der Waals surface area contributed by atoms with Gasteiger partial charge in [-0.1, -0.05) is 42.5 Å². The highest BCUT2D eigenvalue weighted by Gasteiger charge is 2.31. The van der Waals surface area contributed by atoms with E-state index in [1.54, 1.807) is 11.3 Å². The van der Waals surface area contributed by atoms with Gasteiger partial charge in [-0.25, -0.2) is 4.98 Å². The van der Waals surface area contributed by atoms with E-state index >= 15 is 0 Å². The SMILES string of the molecule is N[C@@H]1CN(Cc2nc3ccccc3s2)C[C@H]1c1ccccc1. The molecule has 2 N–H and O–H groups in total. The van der Waals surface area contributed by atoms with E-state index in [9.17, 15) is 0 Å². The number of nitrogens with zero attached hydrogens (tertiary/aromatic N) is 2. The number of nitrogens with two attached hydrogens (primary N) is 1. The fourth-order valence-corrected chi connectivity index (χ4v) is 4.28. The summed E-state index contributed by atoms with van der Waals surface area (Å²) in [5.41, 5.74) is 8.82. The third-order valence-electron chi connectivity index (χ3n) is 4.37. The molecule has 0 amide bonds. The van der Waals surface area contributed by atoms with E-state index in [4.69, 9.17) is 10.7 Å². The normalized spacial score (nSPS) is 22.4. The Morgan fingerprint density at radius 2 is 1.82 bits per heavy atom. The molecule has 0 saturated carbocycles. The van der Waals surface area contributed by atoms with Gasteiger partial charge in [0.05, 0.1) is 16.8 Å². The standard InChI is InChI=1S/C18H19N3S/c19-15-11-21(10-14(15)13-6-2-1-3-7-13)12-18-20-16-8-4-5-9-17(16)22-18/h1-9,14-15H,10-12,19H2/t14-,15+/m0/s1. The molecule has 0 unspecified atom stereocenters. The van der Waals surface area contributed by atoms with Gasteiger partial charge in [0.15, 0.2) is 0 Å². The monoisotopic (exact) mass is 309 g/mol. The first kappa shape index (κ1) is 13.9. The van der Waals surface area contributed by atoms with Crippen molar-refractivity contribution in [2.24, 2.45) is 5.73 Å². The van der Waals surface area contributed by atoms with Crippen molar-refractivity contribution in [3.05, 3.63) is 65.2 Å². The fourth-order valence-electron chi connectivity index (χ4n) is 3.27. The first-order chi connectivity index (χ1) is 10.8. The Morgan fingerprint density at radius 3 is 2.64 bits per heavy atom. The van der Waals surface area contributed by atoms with Crippen LogP contribution in [0.1, 0.15) is 16.5 Å². The van der Waals surface area contributed by atoms with Crippen LogP contribution in [0.15, 0.2) is 54.6 Å². The minimum atomic E-state index is 0.205. The van der Waals surface area contributed by atoms with Gasteiger partial charge in [0, 0.05) is 25.0 Å². The van der Waals surface area contributed by atoms with E-state index in [0.717, 1.165) is 25.2 Å². The zero-order valence-corrected chi connectivity index (χ0v) is 13.2. The first-order valence-electron chi connectivity index (χ1n) is 7.67. The molecule has 3 nitrogen and oxygen atoms in total. The Bertz CT molecular complexity index is 735. The Kier molecular flexibility index (Phi) is 3.66. The van der Waals surface area contributed by atoms with Crippen molar-refractivity contribution in [3.8, 4) is 0 Å². The molecule has 0 aliphatic carbocycles. The van der Waals surface area contributed by atoms with Crippen LogP contribution in [-0.4, -0.2) is 29.0 Å². The van der Waals surface area contributed by atoms with Crippen molar-refractivity contribution in [1.82, 2.24) is 9.88 Å². The van der Waals surface area contributed by atoms with Crippen LogP contribution in [0.3, 0.4) is 0 Å². The molecule has 0 spiro atoms. The predicted octanol–water partition coefficient (Wildman–Crippen LogP) is 3.22. The number of likely N-dealkylation sites (tertiary alicyclic amines) is 1. The van der Waals surface area contributed by atoms with E-state index in [-0.39, 0.29) is 6.04 Å². The Balaban J connectivity index is 1.50. The van der Waals surface area contributed by atoms with Gasteiger partial charge in [-0.15, -0.1) is 11.3 Å². The smallest absolute Gasteiger partial charge is 0.108 e. The van der Waals surface area contributed by atoms with Crippen molar-refractivity contribution < 1.29 is 0 Å². The van der Waals surface area contributed by atoms with Crippen molar-refractivity contribution in [1.29, 1.82) is 0 Å². The minimum Gasteiger partial charge on any atom is -0.326 e. The summed E-state index contributed by atoms with van der Waals surface area (Å²) in [4.78, 5) is 7.17. The molecule has 22 heavy (non-hydrogen) atoms. The summed E-state index contributed by atoms with van der Waals surface area (Å²) in [6.45, 7) is 2.85. The molecule has 2 aromatic carbocycles. The lowest BCUT2D eigenvalue weighted by Crippen LogP contribution is -2.28. The van der Waals surface area contributed by atoms with E-state index in [1.165, 1.54) is 15.3 Å². The van der Waals surface area contributed by atoms with Gasteiger partial charge in [-0.3, -0.25) is 4.90 Å². The second-order valence-corrected chi connectivity index (χ2v) is 7.07. The molecule has 3 aromatic rings. The molecule has 0 radical (unpaired) electrons. The molecule has 1 fully saturated rings. The van der Waals surface area contributed by atoms with E-state index < -0.39 is 0 Å². The molecule has 2 heterocycles. The van der Waals surface area contributed by atoms with Gasteiger partial charge in [0.25, 0.3) is 0 Å². The van der Waals surface area contributed by atoms with Crippen LogP contribution in [-0.2, 0) is 6.54 Å². The summed E-state index contributed by atoms with van der Waals surface area (Å²) in [6, 6.07) is 19.2. The molecule has 1 aliphatic heterocycles. The number of hydrogen-bond acceptors (Lipinski definition) is 4. The van der Waals surface area contributed by atoms with Crippen LogP contribution in [0.5, 0.6) is 0 Å². The summed E-state index contributed by atoms with van der Waals surface area (Å²) in [6.07, 6.45) is 0. The van der Waals surface area contributed by atoms with Crippen molar-refractivity contribution in [3.63, 3.8) is 0 Å². The third kappa shape index (κ3) is 2.65. The largest absolute Gasteiger partial charge is 0.326 e. The van der Waals surface area contributed by atoms with Gasteiger partial charge in [-0.2, -0.15) is 0 Å². The summed E-state index contributed by atoms with van der Waals surface area (Å²) >= 11 is 1.79. The number of para-hydroxylation sites is 1. The van der Waals surface area contributed by atoms with Crippen molar-refractivity contribution in [2.45, 2.75) is 18.5 Å². The molecular formula is C18H19N3S. The molecule has 1 aromatic heterocycles. The van der Waals surface area contributed by atoms with Crippen molar-refractivity contribution >= 4 is 21.6 Å². The van der Waals surface area contributed by atoms with E-state index in [0.29, 0.717) is 5.92 Å². The van der Waals surface area contributed by atoms with Gasteiger partial charge in [0.1, 0.15) is 5.01 Å². The molecule has 4 heteroatoms. The first-order valence-corrected chi connectivity index (χ1v) is 8.48. The highest BCUT2D eigenvalue weighted by atomic mass is 32.1. The molecule has 112 valence electrons. The minimum absolute atomic E-state index is 0.205. The number of aromatic nitrogens is 1. The van der Waals surface area contributed by atoms with E-state index in [1.807, 2.05) is 6.07 Å². The quantitative estimate of drug-likeness (QED) is 0.808. The van der Waals surface area contributed by atoms with E-state index in [2.05, 4.69) is 53.4 Å². The lowest BCUT2D eigenvalue weighted by Gasteiger charge is -2.14.